The molecule has 6 heteroatoms. The minimum atomic E-state index is -2.83. The van der Waals surface area contributed by atoms with E-state index >= 15 is 0 Å². The van der Waals surface area contributed by atoms with E-state index in [4.69, 9.17) is 5.11 Å². The molecule has 0 saturated carbocycles. The van der Waals surface area contributed by atoms with E-state index in [0.29, 0.717) is 12.8 Å². The standard InChI is InChI=1S/C22H40O6/c1-3-5-7-9-11-13-15-18(16-14-12-10-8-6-4-2)20(25)22(28,21(26)27)17-19(23)24/h18,28H,3-17H2,1-2H3,(H,23,24)(H,26,27). The largest absolute Gasteiger partial charge is 0.481 e. The Morgan fingerprint density at radius 2 is 1.11 bits per heavy atom. The molecule has 0 aromatic rings. The lowest BCUT2D eigenvalue weighted by molar-refractivity contribution is -0.172. The van der Waals surface area contributed by atoms with Gasteiger partial charge in [0.05, 0.1) is 6.42 Å². The zero-order valence-electron chi connectivity index (χ0n) is 17.8. The number of ketones is 1. The summed E-state index contributed by atoms with van der Waals surface area (Å²) in [6.07, 6.45) is 12.5. The molecule has 1 atom stereocenters. The number of aliphatic hydroxyl groups is 1. The van der Waals surface area contributed by atoms with Crippen molar-refractivity contribution in [2.45, 2.75) is 116 Å². The SMILES string of the molecule is CCCCCCCCC(CCCCCCCC)C(=O)C(O)(CC(=O)O)C(=O)O. The fraction of sp³-hybridized carbons (Fsp3) is 0.864. The molecule has 0 bridgehead atoms. The molecule has 0 aliphatic heterocycles. The van der Waals surface area contributed by atoms with Crippen molar-refractivity contribution in [3.8, 4) is 0 Å². The molecule has 1 unspecified atom stereocenters. The summed E-state index contributed by atoms with van der Waals surface area (Å²) in [4.78, 5) is 35.2. The highest BCUT2D eigenvalue weighted by Crippen LogP contribution is 2.27. The monoisotopic (exact) mass is 400 g/mol. The second-order valence-electron chi connectivity index (χ2n) is 7.91. The summed E-state index contributed by atoms with van der Waals surface area (Å²) in [6, 6.07) is 0. The molecule has 0 saturated heterocycles. The van der Waals surface area contributed by atoms with E-state index in [0.717, 1.165) is 64.2 Å². The summed E-state index contributed by atoms with van der Waals surface area (Å²) in [5.41, 5.74) is -2.83. The van der Waals surface area contributed by atoms with Gasteiger partial charge in [-0.15, -0.1) is 0 Å². The van der Waals surface area contributed by atoms with Crippen LogP contribution in [0.5, 0.6) is 0 Å². The van der Waals surface area contributed by atoms with Crippen molar-refractivity contribution in [1.29, 1.82) is 0 Å². The van der Waals surface area contributed by atoms with Gasteiger partial charge in [-0.3, -0.25) is 9.59 Å². The Labute approximate surface area is 169 Å². The van der Waals surface area contributed by atoms with Crippen molar-refractivity contribution in [2.24, 2.45) is 5.92 Å². The van der Waals surface area contributed by atoms with Gasteiger partial charge in [-0.1, -0.05) is 90.9 Å². The van der Waals surface area contributed by atoms with Crippen molar-refractivity contribution >= 4 is 17.7 Å². The van der Waals surface area contributed by atoms with E-state index in [1.165, 1.54) is 12.8 Å². The topological polar surface area (TPSA) is 112 Å². The number of hydrogen-bond donors (Lipinski definition) is 3. The van der Waals surface area contributed by atoms with E-state index in [9.17, 15) is 24.6 Å². The maximum absolute atomic E-state index is 12.8. The van der Waals surface area contributed by atoms with Gasteiger partial charge >= 0.3 is 11.9 Å². The number of aliphatic carboxylic acids is 2. The van der Waals surface area contributed by atoms with Gasteiger partial charge in [0.2, 0.25) is 5.60 Å². The van der Waals surface area contributed by atoms with Crippen LogP contribution in [0.1, 0.15) is 110 Å². The number of carbonyl (C=O) groups excluding carboxylic acids is 1. The van der Waals surface area contributed by atoms with Crippen LogP contribution in [0.4, 0.5) is 0 Å². The van der Waals surface area contributed by atoms with Crippen LogP contribution in [-0.4, -0.2) is 38.6 Å². The third-order valence-corrected chi connectivity index (χ3v) is 5.35. The third-order valence-electron chi connectivity index (χ3n) is 5.35. The molecule has 3 N–H and O–H groups in total. The lowest BCUT2D eigenvalue weighted by Gasteiger charge is -2.26. The van der Waals surface area contributed by atoms with Gasteiger partial charge in [-0.25, -0.2) is 4.79 Å². The van der Waals surface area contributed by atoms with Gasteiger partial charge < -0.3 is 15.3 Å². The van der Waals surface area contributed by atoms with E-state index in [-0.39, 0.29) is 0 Å². The van der Waals surface area contributed by atoms with Crippen LogP contribution in [0.15, 0.2) is 0 Å². The second kappa shape index (κ2) is 15.5. The molecule has 0 radical (unpaired) electrons. The predicted molar refractivity (Wildman–Crippen MR) is 109 cm³/mol. The van der Waals surface area contributed by atoms with Gasteiger partial charge in [0.15, 0.2) is 5.78 Å². The lowest BCUT2D eigenvalue weighted by Crippen LogP contribution is -2.51. The molecule has 0 aliphatic rings. The first-order valence-corrected chi connectivity index (χ1v) is 11.0. The van der Waals surface area contributed by atoms with E-state index in [2.05, 4.69) is 13.8 Å². The summed E-state index contributed by atoms with van der Waals surface area (Å²) in [5.74, 6) is -4.70. The van der Waals surface area contributed by atoms with Gasteiger partial charge in [0.25, 0.3) is 0 Å². The number of carboxylic acids is 2. The van der Waals surface area contributed by atoms with E-state index in [1.807, 2.05) is 0 Å². The second-order valence-corrected chi connectivity index (χ2v) is 7.91. The number of rotatable bonds is 19. The molecule has 0 aromatic heterocycles. The van der Waals surface area contributed by atoms with Gasteiger partial charge in [-0.05, 0) is 12.8 Å². The maximum Gasteiger partial charge on any atom is 0.344 e. The summed E-state index contributed by atoms with van der Waals surface area (Å²) in [7, 11) is 0. The molecule has 28 heavy (non-hydrogen) atoms. The maximum atomic E-state index is 12.8. The van der Waals surface area contributed by atoms with Crippen LogP contribution >= 0.6 is 0 Å². The zero-order chi connectivity index (χ0) is 21.4. The Morgan fingerprint density at radius 1 is 0.714 bits per heavy atom. The van der Waals surface area contributed by atoms with Crippen molar-refractivity contribution in [3.63, 3.8) is 0 Å². The van der Waals surface area contributed by atoms with Crippen LogP contribution in [0, 0.1) is 5.92 Å². The van der Waals surface area contributed by atoms with Crippen LogP contribution < -0.4 is 0 Å². The molecule has 0 fully saturated rings. The normalized spacial score (nSPS) is 13.4. The Bertz CT molecular complexity index is 446. The Hall–Kier alpha value is -1.43. The molecule has 0 heterocycles. The minimum Gasteiger partial charge on any atom is -0.481 e. The highest BCUT2D eigenvalue weighted by molar-refractivity contribution is 6.09. The Morgan fingerprint density at radius 3 is 1.46 bits per heavy atom. The zero-order valence-corrected chi connectivity index (χ0v) is 17.8. The van der Waals surface area contributed by atoms with Crippen molar-refractivity contribution in [2.75, 3.05) is 0 Å². The molecular weight excluding hydrogens is 360 g/mol. The number of hydrogen-bond acceptors (Lipinski definition) is 4. The average Bonchev–Trinajstić information content (AvgIpc) is 2.64. The molecule has 164 valence electrons. The average molecular weight is 401 g/mol. The molecular formula is C22H40O6. The molecule has 0 aliphatic carbocycles. The Balaban J connectivity index is 4.84. The predicted octanol–water partition coefficient (Wildman–Crippen LogP) is 4.96. The molecule has 6 nitrogen and oxygen atoms in total. The third kappa shape index (κ3) is 10.8. The summed E-state index contributed by atoms with van der Waals surface area (Å²) < 4.78 is 0. The quantitative estimate of drug-likeness (QED) is 0.209. The van der Waals surface area contributed by atoms with Crippen molar-refractivity contribution < 1.29 is 29.7 Å². The Kier molecular flexibility index (Phi) is 14.7. The van der Waals surface area contributed by atoms with Gasteiger partial charge in [-0.2, -0.15) is 0 Å². The summed E-state index contributed by atoms with van der Waals surface area (Å²) in [5, 5.41) is 28.6. The number of Topliss-reactive ketones (excluding diaryl/α,β-unsaturated/α-hetero) is 1. The number of carboxylic acid groups (broad SMARTS) is 2. The van der Waals surface area contributed by atoms with Crippen LogP contribution in [0.25, 0.3) is 0 Å². The van der Waals surface area contributed by atoms with Gasteiger partial charge in [0.1, 0.15) is 0 Å². The van der Waals surface area contributed by atoms with E-state index in [1.54, 1.807) is 0 Å². The number of unbranched alkanes of at least 4 members (excludes halogenated alkanes) is 10. The van der Waals surface area contributed by atoms with Crippen LogP contribution in [0.3, 0.4) is 0 Å². The van der Waals surface area contributed by atoms with Crippen LogP contribution in [0.2, 0.25) is 0 Å². The summed E-state index contributed by atoms with van der Waals surface area (Å²) >= 11 is 0. The first kappa shape index (κ1) is 26.6. The van der Waals surface area contributed by atoms with Gasteiger partial charge in [0, 0.05) is 5.92 Å². The van der Waals surface area contributed by atoms with E-state index < -0.39 is 35.7 Å². The smallest absolute Gasteiger partial charge is 0.344 e. The van der Waals surface area contributed by atoms with Crippen LogP contribution in [-0.2, 0) is 14.4 Å². The molecule has 0 rings (SSSR count). The molecule has 0 spiro atoms. The van der Waals surface area contributed by atoms with Crippen molar-refractivity contribution in [3.05, 3.63) is 0 Å². The molecule has 0 aromatic carbocycles. The minimum absolute atomic E-state index is 0.509. The first-order chi connectivity index (χ1) is 13.3. The lowest BCUT2D eigenvalue weighted by atomic mass is 9.81. The highest BCUT2D eigenvalue weighted by Gasteiger charge is 2.48. The fourth-order valence-corrected chi connectivity index (χ4v) is 3.57. The first-order valence-electron chi connectivity index (χ1n) is 11.0. The van der Waals surface area contributed by atoms with Crippen molar-refractivity contribution in [1.82, 2.24) is 0 Å². The summed E-state index contributed by atoms with van der Waals surface area (Å²) in [6.45, 7) is 4.29. The fourth-order valence-electron chi connectivity index (χ4n) is 3.57. The number of carbonyl (C=O) groups is 3. The highest BCUT2D eigenvalue weighted by atomic mass is 16.4. The molecule has 0 amide bonds.